The molecule has 0 radical (unpaired) electrons. The Bertz CT molecular complexity index is 1240. The van der Waals surface area contributed by atoms with E-state index in [1.54, 1.807) is 37.3 Å². The van der Waals surface area contributed by atoms with Gasteiger partial charge in [0, 0.05) is 28.8 Å². The predicted molar refractivity (Wildman–Crippen MR) is 138 cm³/mol. The number of amides is 2. The normalized spacial score (nSPS) is 10.8. The van der Waals surface area contributed by atoms with E-state index in [1.807, 2.05) is 25.1 Å². The minimum absolute atomic E-state index is 0.0555. The highest BCUT2D eigenvalue weighted by Gasteiger charge is 2.09. The van der Waals surface area contributed by atoms with Crippen molar-refractivity contribution in [1.82, 2.24) is 5.32 Å². The summed E-state index contributed by atoms with van der Waals surface area (Å²) in [4.78, 5) is 23.8. The maximum absolute atomic E-state index is 12.2. The third kappa shape index (κ3) is 6.92. The van der Waals surface area contributed by atoms with Gasteiger partial charge in [0.25, 0.3) is 0 Å². The molecule has 1 heterocycles. The second-order valence-electron chi connectivity index (χ2n) is 7.04. The van der Waals surface area contributed by atoms with E-state index >= 15 is 0 Å². The lowest BCUT2D eigenvalue weighted by molar-refractivity contribution is -0.116. The highest BCUT2D eigenvalue weighted by Crippen LogP contribution is 2.27. The van der Waals surface area contributed by atoms with Gasteiger partial charge in [0.1, 0.15) is 11.5 Å². The molecule has 3 rings (SSSR count). The Morgan fingerprint density at radius 1 is 1.03 bits per heavy atom. The van der Waals surface area contributed by atoms with Crippen LogP contribution in [0, 0.1) is 6.92 Å². The van der Waals surface area contributed by atoms with Crippen molar-refractivity contribution in [3.05, 3.63) is 76.0 Å². The third-order valence-electron chi connectivity index (χ3n) is 4.54. The number of carbonyl (C=O) groups is 2. The Balaban J connectivity index is 1.59. The van der Waals surface area contributed by atoms with Crippen molar-refractivity contribution in [3.8, 4) is 11.3 Å². The van der Waals surface area contributed by atoms with Gasteiger partial charge < -0.3 is 15.1 Å². The molecule has 6 nitrogen and oxygen atoms in total. The van der Waals surface area contributed by atoms with Crippen LogP contribution in [0.3, 0.4) is 0 Å². The SMILES string of the molecule is CCC(=O)Nc1ccc(Cl)c(NC(=S)NC(=O)/C=C/c2ccc(-c3ccc(C)c(Cl)c3)o2)c1. The first-order valence-electron chi connectivity index (χ1n) is 10.0. The van der Waals surface area contributed by atoms with Crippen molar-refractivity contribution in [2.45, 2.75) is 20.3 Å². The van der Waals surface area contributed by atoms with Gasteiger partial charge in [-0.2, -0.15) is 0 Å². The van der Waals surface area contributed by atoms with Crippen LogP contribution >= 0.6 is 35.4 Å². The zero-order valence-corrected chi connectivity index (χ0v) is 20.2. The number of hydrogen-bond donors (Lipinski definition) is 3. The molecule has 0 aliphatic heterocycles. The molecule has 3 aromatic rings. The van der Waals surface area contributed by atoms with E-state index in [-0.39, 0.29) is 11.0 Å². The van der Waals surface area contributed by atoms with Gasteiger partial charge in [-0.15, -0.1) is 0 Å². The number of thiocarbonyl (C=S) groups is 1. The van der Waals surface area contributed by atoms with Crippen molar-refractivity contribution in [2.24, 2.45) is 0 Å². The molecule has 2 amide bonds. The van der Waals surface area contributed by atoms with Crippen molar-refractivity contribution in [2.75, 3.05) is 10.6 Å². The molecule has 0 bridgehead atoms. The molecule has 1 aromatic heterocycles. The molecule has 170 valence electrons. The summed E-state index contributed by atoms with van der Waals surface area (Å²) in [5.41, 5.74) is 2.83. The number of halogens is 2. The van der Waals surface area contributed by atoms with Crippen LogP contribution in [0.25, 0.3) is 17.4 Å². The van der Waals surface area contributed by atoms with Crippen molar-refractivity contribution < 1.29 is 14.0 Å². The van der Waals surface area contributed by atoms with E-state index in [9.17, 15) is 9.59 Å². The maximum atomic E-state index is 12.2. The molecule has 2 aromatic carbocycles. The summed E-state index contributed by atoms with van der Waals surface area (Å²) in [6.07, 6.45) is 3.19. The summed E-state index contributed by atoms with van der Waals surface area (Å²) in [5.74, 6) is 0.559. The minimum atomic E-state index is -0.449. The highest BCUT2D eigenvalue weighted by atomic mass is 35.5. The molecule has 0 fully saturated rings. The number of anilines is 2. The fourth-order valence-corrected chi connectivity index (χ4v) is 3.31. The Morgan fingerprint density at radius 3 is 2.55 bits per heavy atom. The summed E-state index contributed by atoms with van der Waals surface area (Å²) < 4.78 is 5.76. The van der Waals surface area contributed by atoms with Gasteiger partial charge in [-0.05, 0) is 67.2 Å². The van der Waals surface area contributed by atoms with Crippen LogP contribution in [-0.4, -0.2) is 16.9 Å². The van der Waals surface area contributed by atoms with Crippen LogP contribution in [0.15, 0.2) is 59.0 Å². The quantitative estimate of drug-likeness (QED) is 0.267. The van der Waals surface area contributed by atoms with Gasteiger partial charge in [0.2, 0.25) is 11.8 Å². The Labute approximate surface area is 207 Å². The topological polar surface area (TPSA) is 83.4 Å². The molecular formula is C24H21Cl2N3O3S. The lowest BCUT2D eigenvalue weighted by atomic mass is 10.1. The number of furan rings is 1. The van der Waals surface area contributed by atoms with Crippen molar-refractivity contribution in [3.63, 3.8) is 0 Å². The standard InChI is InChI=1S/C24H21Cl2N3O3S/c1-3-22(30)27-16-6-9-18(25)20(13-16)28-24(33)29-23(31)11-8-17-7-10-21(32-17)15-5-4-14(2)19(26)12-15/h4-13H,3H2,1-2H3,(H,27,30)(H2,28,29,31,33)/b11-8+. The summed E-state index contributed by atoms with van der Waals surface area (Å²) in [6.45, 7) is 3.68. The number of aryl methyl sites for hydroxylation is 1. The van der Waals surface area contributed by atoms with Crippen LogP contribution in [0.5, 0.6) is 0 Å². The molecule has 0 saturated heterocycles. The maximum Gasteiger partial charge on any atom is 0.250 e. The molecule has 33 heavy (non-hydrogen) atoms. The highest BCUT2D eigenvalue weighted by molar-refractivity contribution is 7.80. The first kappa shape index (κ1) is 24.5. The van der Waals surface area contributed by atoms with E-state index < -0.39 is 5.91 Å². The first-order valence-corrected chi connectivity index (χ1v) is 11.2. The molecule has 0 aliphatic rings. The number of carbonyl (C=O) groups excluding carboxylic acids is 2. The van der Waals surface area contributed by atoms with E-state index in [2.05, 4.69) is 16.0 Å². The monoisotopic (exact) mass is 501 g/mol. The van der Waals surface area contributed by atoms with Gasteiger partial charge >= 0.3 is 0 Å². The molecule has 0 saturated carbocycles. The predicted octanol–water partition coefficient (Wildman–Crippen LogP) is 6.44. The molecule has 0 aliphatic carbocycles. The average Bonchev–Trinajstić information content (AvgIpc) is 3.25. The summed E-state index contributed by atoms with van der Waals surface area (Å²) in [6, 6.07) is 14.1. The molecule has 9 heteroatoms. The van der Waals surface area contributed by atoms with E-state index in [4.69, 9.17) is 39.8 Å². The zero-order chi connectivity index (χ0) is 24.0. The molecule has 0 unspecified atom stereocenters. The van der Waals surface area contributed by atoms with Crippen molar-refractivity contribution >= 4 is 69.8 Å². The van der Waals surface area contributed by atoms with E-state index in [0.29, 0.717) is 39.4 Å². The van der Waals surface area contributed by atoms with Crippen molar-refractivity contribution in [1.29, 1.82) is 0 Å². The van der Waals surface area contributed by atoms with Crippen LogP contribution in [0.4, 0.5) is 11.4 Å². The molecule has 0 atom stereocenters. The zero-order valence-electron chi connectivity index (χ0n) is 17.9. The van der Waals surface area contributed by atoms with Gasteiger partial charge in [-0.25, -0.2) is 0 Å². The van der Waals surface area contributed by atoms with Gasteiger partial charge in [-0.1, -0.05) is 42.3 Å². The summed E-state index contributed by atoms with van der Waals surface area (Å²) >= 11 is 17.5. The second kappa shape index (κ2) is 11.1. The molecule has 0 spiro atoms. The van der Waals surface area contributed by atoms with Crippen LogP contribution < -0.4 is 16.0 Å². The van der Waals surface area contributed by atoms with Gasteiger partial charge in [0.05, 0.1) is 10.7 Å². The average molecular weight is 502 g/mol. The largest absolute Gasteiger partial charge is 0.457 e. The number of hydrogen-bond acceptors (Lipinski definition) is 4. The summed E-state index contributed by atoms with van der Waals surface area (Å²) in [5, 5.41) is 9.22. The number of nitrogens with one attached hydrogen (secondary N) is 3. The van der Waals surface area contributed by atoms with Crippen LogP contribution in [-0.2, 0) is 9.59 Å². The first-order chi connectivity index (χ1) is 15.7. The number of benzene rings is 2. The minimum Gasteiger partial charge on any atom is -0.457 e. The summed E-state index contributed by atoms with van der Waals surface area (Å²) in [7, 11) is 0. The number of rotatable bonds is 6. The fourth-order valence-electron chi connectivity index (χ4n) is 2.76. The lowest BCUT2D eigenvalue weighted by Gasteiger charge is -2.12. The Kier molecular flexibility index (Phi) is 8.27. The van der Waals surface area contributed by atoms with Crippen LogP contribution in [0.1, 0.15) is 24.7 Å². The lowest BCUT2D eigenvalue weighted by Crippen LogP contribution is -2.32. The fraction of sp³-hybridized carbons (Fsp3) is 0.125. The van der Waals surface area contributed by atoms with E-state index in [1.165, 1.54) is 12.2 Å². The smallest absolute Gasteiger partial charge is 0.250 e. The van der Waals surface area contributed by atoms with Gasteiger partial charge in [-0.3, -0.25) is 14.9 Å². The van der Waals surface area contributed by atoms with E-state index in [0.717, 1.165) is 11.1 Å². The third-order valence-corrected chi connectivity index (χ3v) is 5.48. The molecular weight excluding hydrogens is 481 g/mol. The Hall–Kier alpha value is -3.13. The Morgan fingerprint density at radius 2 is 1.82 bits per heavy atom. The molecule has 3 N–H and O–H groups in total. The second-order valence-corrected chi connectivity index (χ2v) is 8.26. The van der Waals surface area contributed by atoms with Crippen LogP contribution in [0.2, 0.25) is 10.0 Å². The van der Waals surface area contributed by atoms with Gasteiger partial charge in [0.15, 0.2) is 5.11 Å².